The van der Waals surface area contributed by atoms with Gasteiger partial charge in [0.1, 0.15) is 17.2 Å². The minimum absolute atomic E-state index is 0.0763. The molecular weight excluding hydrogens is 478 g/mol. The number of rotatable bonds is 9. The third-order valence-electron chi connectivity index (χ3n) is 6.28. The molecule has 2 aromatic carbocycles. The number of primary amides is 1. The van der Waals surface area contributed by atoms with Crippen LogP contribution in [-0.4, -0.2) is 35.6 Å². The molecule has 0 saturated carbocycles. The van der Waals surface area contributed by atoms with E-state index in [0.29, 0.717) is 28.5 Å². The van der Waals surface area contributed by atoms with E-state index in [0.717, 1.165) is 22.1 Å². The van der Waals surface area contributed by atoms with Crippen molar-refractivity contribution < 1.29 is 28.3 Å². The van der Waals surface area contributed by atoms with E-state index in [1.807, 2.05) is 37.3 Å². The van der Waals surface area contributed by atoms with Gasteiger partial charge < -0.3 is 30.3 Å². The Morgan fingerprint density at radius 1 is 1.05 bits per heavy atom. The van der Waals surface area contributed by atoms with Gasteiger partial charge in [-0.15, -0.1) is 0 Å². The van der Waals surface area contributed by atoms with Crippen molar-refractivity contribution in [2.75, 3.05) is 6.54 Å². The number of hydrogen-bond acceptors (Lipinski definition) is 6. The van der Waals surface area contributed by atoms with E-state index in [1.54, 1.807) is 19.3 Å². The highest BCUT2D eigenvalue weighted by atomic mass is 16.4. The number of aliphatic carboxylic acids is 1. The summed E-state index contributed by atoms with van der Waals surface area (Å²) in [5, 5.41) is 15.7. The SMILES string of the molecule is Cc1ccc(-c2coc3cc4oc(=O)c(CC(=O)N[C@@H](CCCNC(N)=O)C(=O)O)c(C)c4cc23)cc1. The van der Waals surface area contributed by atoms with Gasteiger partial charge in [0.25, 0.3) is 0 Å². The number of furan rings is 1. The quantitative estimate of drug-likeness (QED) is 0.200. The summed E-state index contributed by atoms with van der Waals surface area (Å²) in [5.74, 6) is -1.85. The lowest BCUT2D eigenvalue weighted by Crippen LogP contribution is -2.42. The summed E-state index contributed by atoms with van der Waals surface area (Å²) in [6.45, 7) is 3.91. The predicted molar refractivity (Wildman–Crippen MR) is 137 cm³/mol. The van der Waals surface area contributed by atoms with E-state index in [2.05, 4.69) is 10.6 Å². The number of carboxylic acids is 1. The number of amides is 3. The minimum Gasteiger partial charge on any atom is -0.480 e. The van der Waals surface area contributed by atoms with Crippen LogP contribution in [0.15, 0.2) is 56.3 Å². The summed E-state index contributed by atoms with van der Waals surface area (Å²) < 4.78 is 11.2. The molecule has 0 saturated heterocycles. The van der Waals surface area contributed by atoms with Crippen molar-refractivity contribution in [2.45, 2.75) is 39.2 Å². The molecule has 0 radical (unpaired) electrons. The second-order valence-electron chi connectivity index (χ2n) is 8.92. The number of carboxylic acid groups (broad SMARTS) is 1. The van der Waals surface area contributed by atoms with Crippen molar-refractivity contribution in [3.8, 4) is 11.1 Å². The van der Waals surface area contributed by atoms with Crippen LogP contribution in [0.5, 0.6) is 0 Å². The van der Waals surface area contributed by atoms with Gasteiger partial charge in [-0.3, -0.25) is 4.79 Å². The first-order valence-corrected chi connectivity index (χ1v) is 11.7. The van der Waals surface area contributed by atoms with Crippen LogP contribution >= 0.6 is 0 Å². The summed E-state index contributed by atoms with van der Waals surface area (Å²) in [7, 11) is 0. The van der Waals surface area contributed by atoms with Gasteiger partial charge in [-0.2, -0.15) is 0 Å². The number of carbonyl (C=O) groups excluding carboxylic acids is 2. The molecule has 0 fully saturated rings. The number of carbonyl (C=O) groups is 3. The average molecular weight is 506 g/mol. The zero-order chi connectivity index (χ0) is 26.7. The molecule has 0 unspecified atom stereocenters. The van der Waals surface area contributed by atoms with Gasteiger partial charge in [0.05, 0.1) is 18.2 Å². The first kappa shape index (κ1) is 25.5. The molecule has 0 aliphatic carbocycles. The molecule has 0 aliphatic heterocycles. The number of fused-ring (bicyclic) bond motifs is 2. The van der Waals surface area contributed by atoms with E-state index in [4.69, 9.17) is 14.6 Å². The number of aryl methyl sites for hydroxylation is 2. The Morgan fingerprint density at radius 2 is 1.78 bits per heavy atom. The second kappa shape index (κ2) is 10.6. The van der Waals surface area contributed by atoms with Gasteiger partial charge in [0, 0.05) is 28.9 Å². The highest BCUT2D eigenvalue weighted by Crippen LogP contribution is 2.34. The van der Waals surface area contributed by atoms with Gasteiger partial charge >= 0.3 is 17.6 Å². The number of nitrogens with one attached hydrogen (secondary N) is 2. The largest absolute Gasteiger partial charge is 0.480 e. The molecule has 192 valence electrons. The molecule has 2 aromatic heterocycles. The van der Waals surface area contributed by atoms with Crippen LogP contribution in [0.25, 0.3) is 33.1 Å². The molecule has 1 atom stereocenters. The third kappa shape index (κ3) is 5.64. The maximum absolute atomic E-state index is 12.7. The highest BCUT2D eigenvalue weighted by Gasteiger charge is 2.22. The van der Waals surface area contributed by atoms with Crippen molar-refractivity contribution in [1.82, 2.24) is 10.6 Å². The summed E-state index contributed by atoms with van der Waals surface area (Å²) in [6, 6.07) is 9.64. The summed E-state index contributed by atoms with van der Waals surface area (Å²) >= 11 is 0. The fourth-order valence-corrected chi connectivity index (χ4v) is 4.25. The minimum atomic E-state index is -1.22. The average Bonchev–Trinajstić information content (AvgIpc) is 3.25. The molecule has 5 N–H and O–H groups in total. The lowest BCUT2D eigenvalue weighted by atomic mass is 9.99. The van der Waals surface area contributed by atoms with Gasteiger partial charge in [-0.05, 0) is 43.9 Å². The molecule has 10 heteroatoms. The summed E-state index contributed by atoms with van der Waals surface area (Å²) in [6.07, 6.45) is 1.68. The van der Waals surface area contributed by atoms with Crippen LogP contribution in [0.3, 0.4) is 0 Å². The molecule has 10 nitrogen and oxygen atoms in total. The lowest BCUT2D eigenvalue weighted by molar-refractivity contribution is -0.141. The van der Waals surface area contributed by atoms with E-state index in [9.17, 15) is 24.3 Å². The monoisotopic (exact) mass is 505 g/mol. The Labute approximate surface area is 211 Å². The fourth-order valence-electron chi connectivity index (χ4n) is 4.25. The first-order valence-electron chi connectivity index (χ1n) is 11.7. The third-order valence-corrected chi connectivity index (χ3v) is 6.28. The van der Waals surface area contributed by atoms with E-state index in [1.165, 1.54) is 0 Å². The van der Waals surface area contributed by atoms with Crippen LogP contribution in [0.4, 0.5) is 4.79 Å². The van der Waals surface area contributed by atoms with E-state index >= 15 is 0 Å². The molecule has 3 amide bonds. The van der Waals surface area contributed by atoms with Gasteiger partial charge in [-0.1, -0.05) is 29.8 Å². The number of urea groups is 1. The van der Waals surface area contributed by atoms with Gasteiger partial charge in [-0.25, -0.2) is 14.4 Å². The van der Waals surface area contributed by atoms with Crippen LogP contribution in [-0.2, 0) is 16.0 Å². The fraction of sp³-hybridized carbons (Fsp3) is 0.259. The predicted octanol–water partition coefficient (Wildman–Crippen LogP) is 3.38. The van der Waals surface area contributed by atoms with E-state index < -0.39 is 29.6 Å². The van der Waals surface area contributed by atoms with Crippen molar-refractivity contribution in [3.63, 3.8) is 0 Å². The lowest BCUT2D eigenvalue weighted by Gasteiger charge is -2.15. The molecule has 4 rings (SSSR count). The number of nitrogens with two attached hydrogens (primary N) is 1. The summed E-state index contributed by atoms with van der Waals surface area (Å²) in [5.41, 5.74) is 8.91. The Bertz CT molecular complexity index is 1550. The zero-order valence-corrected chi connectivity index (χ0v) is 20.4. The van der Waals surface area contributed by atoms with Crippen molar-refractivity contribution >= 4 is 39.8 Å². The molecule has 0 spiro atoms. The Balaban J connectivity index is 1.60. The highest BCUT2D eigenvalue weighted by molar-refractivity contribution is 6.02. The topological polar surface area (TPSA) is 165 Å². The maximum atomic E-state index is 12.7. The van der Waals surface area contributed by atoms with Crippen LogP contribution in [0.1, 0.15) is 29.5 Å². The van der Waals surface area contributed by atoms with E-state index in [-0.39, 0.29) is 24.9 Å². The Hall–Kier alpha value is -4.60. The number of benzene rings is 2. The Morgan fingerprint density at radius 3 is 2.46 bits per heavy atom. The molecular formula is C27H27N3O7. The van der Waals surface area contributed by atoms with Crippen LogP contribution in [0.2, 0.25) is 0 Å². The van der Waals surface area contributed by atoms with Gasteiger partial charge in [0.2, 0.25) is 5.91 Å². The van der Waals surface area contributed by atoms with Gasteiger partial charge in [0.15, 0.2) is 0 Å². The molecule has 37 heavy (non-hydrogen) atoms. The first-order chi connectivity index (χ1) is 17.6. The zero-order valence-electron chi connectivity index (χ0n) is 20.4. The molecule has 4 aromatic rings. The number of hydrogen-bond donors (Lipinski definition) is 4. The molecule has 2 heterocycles. The van der Waals surface area contributed by atoms with Crippen molar-refractivity contribution in [3.05, 3.63) is 69.8 Å². The maximum Gasteiger partial charge on any atom is 0.340 e. The smallest absolute Gasteiger partial charge is 0.340 e. The molecule has 0 bridgehead atoms. The van der Waals surface area contributed by atoms with Crippen LogP contribution in [0, 0.1) is 13.8 Å². The Kier molecular flexibility index (Phi) is 7.28. The molecule has 0 aliphatic rings. The van der Waals surface area contributed by atoms with Crippen LogP contribution < -0.4 is 22.0 Å². The summed E-state index contributed by atoms with van der Waals surface area (Å²) in [4.78, 5) is 47.8. The normalized spacial score (nSPS) is 11.9. The standard InChI is InChI=1S/C27H27N3O7/c1-14-5-7-16(8-6-14)20-13-36-22-12-23-17(10-19(20)22)15(2)18(26(34)37-23)11-24(31)30-21(25(32)33)4-3-9-29-27(28)35/h5-8,10,12-13,21H,3-4,9,11H2,1-2H3,(H,30,31)(H,32,33)(H3,28,29,35)/t21-/m0/s1. The van der Waals surface area contributed by atoms with Crippen molar-refractivity contribution in [2.24, 2.45) is 5.73 Å². The second-order valence-corrected chi connectivity index (χ2v) is 8.92. The van der Waals surface area contributed by atoms with Crippen molar-refractivity contribution in [1.29, 1.82) is 0 Å².